The summed E-state index contributed by atoms with van der Waals surface area (Å²) in [6.45, 7) is 6.05. The van der Waals surface area contributed by atoms with Crippen molar-refractivity contribution in [1.82, 2.24) is 0 Å². The van der Waals surface area contributed by atoms with Crippen LogP contribution in [0.4, 0.5) is 0 Å². The number of rotatable bonds is 7. The van der Waals surface area contributed by atoms with Crippen LogP contribution < -0.4 is 0 Å². The molecule has 0 saturated carbocycles. The quantitative estimate of drug-likeness (QED) is 0.812. The average molecular weight is 298 g/mol. The van der Waals surface area contributed by atoms with Gasteiger partial charge >= 0.3 is 0 Å². The highest BCUT2D eigenvalue weighted by Crippen LogP contribution is 2.34. The first-order valence-electron chi connectivity index (χ1n) is 7.07. The highest BCUT2D eigenvalue weighted by atomic mass is 32.2. The van der Waals surface area contributed by atoms with E-state index in [-0.39, 0.29) is 5.75 Å². The van der Waals surface area contributed by atoms with Gasteiger partial charge in [0, 0.05) is 28.4 Å². The lowest BCUT2D eigenvalue weighted by molar-refractivity contribution is 0.0417. The normalized spacial score (nSPS) is 16.1. The summed E-state index contributed by atoms with van der Waals surface area (Å²) < 4.78 is 11.2. The van der Waals surface area contributed by atoms with Crippen LogP contribution in [0.2, 0.25) is 0 Å². The maximum absolute atomic E-state index is 11.2. The fourth-order valence-electron chi connectivity index (χ4n) is 2.35. The molecule has 2 atom stereocenters. The van der Waals surface area contributed by atoms with Gasteiger partial charge in [-0.1, -0.05) is 32.4 Å². The Kier molecular flexibility index (Phi) is 6.21. The van der Waals surface area contributed by atoms with E-state index in [1.807, 2.05) is 6.07 Å². The zero-order valence-electron chi connectivity index (χ0n) is 12.8. The van der Waals surface area contributed by atoms with E-state index >= 15 is 0 Å². The molecule has 0 bridgehead atoms. The first-order valence-corrected chi connectivity index (χ1v) is 8.80. The molecule has 0 heterocycles. The number of phenolic OH excluding ortho intramolecular Hbond substituents is 1. The van der Waals surface area contributed by atoms with E-state index in [2.05, 4.69) is 13.8 Å². The number of hydrogen-bond acceptors (Lipinski definition) is 3. The molecule has 0 spiro atoms. The van der Waals surface area contributed by atoms with Gasteiger partial charge in [0.1, 0.15) is 5.75 Å². The summed E-state index contributed by atoms with van der Waals surface area (Å²) in [5.74, 6) is 1.12. The van der Waals surface area contributed by atoms with E-state index in [9.17, 15) is 14.4 Å². The van der Waals surface area contributed by atoms with Gasteiger partial charge in [0.05, 0.1) is 5.60 Å². The van der Waals surface area contributed by atoms with Crippen molar-refractivity contribution >= 4 is 10.8 Å². The third-order valence-electron chi connectivity index (χ3n) is 3.46. The van der Waals surface area contributed by atoms with E-state index in [1.165, 1.54) is 0 Å². The standard InChI is InChI=1S/C16H26O3S/c1-12(2)6-5-9-16(3,18)14-8-7-13(10-15(14)17)11-20(4)19/h7-8,10,12,17-18H,5-6,9,11H2,1-4H3/t16-,20?/m0/s1. The van der Waals surface area contributed by atoms with Crippen molar-refractivity contribution in [2.75, 3.05) is 6.26 Å². The monoisotopic (exact) mass is 298 g/mol. The second-order valence-electron chi connectivity index (χ2n) is 6.13. The molecule has 0 aliphatic heterocycles. The molecule has 0 aliphatic carbocycles. The molecule has 1 aromatic rings. The highest BCUT2D eigenvalue weighted by Gasteiger charge is 2.26. The van der Waals surface area contributed by atoms with E-state index in [0.717, 1.165) is 18.4 Å². The Morgan fingerprint density at radius 1 is 1.35 bits per heavy atom. The minimum atomic E-state index is -1.02. The van der Waals surface area contributed by atoms with Gasteiger partial charge in [-0.25, -0.2) is 0 Å². The smallest absolute Gasteiger partial charge is 0.121 e. The molecule has 114 valence electrons. The Hall–Kier alpha value is -0.870. The summed E-state index contributed by atoms with van der Waals surface area (Å²) >= 11 is 0. The predicted molar refractivity (Wildman–Crippen MR) is 84.1 cm³/mol. The zero-order chi connectivity index (χ0) is 15.3. The third-order valence-corrected chi connectivity index (χ3v) is 4.20. The summed E-state index contributed by atoms with van der Waals surface area (Å²) in [4.78, 5) is 0. The fraction of sp³-hybridized carbons (Fsp3) is 0.625. The van der Waals surface area contributed by atoms with Gasteiger partial charge in [0.2, 0.25) is 0 Å². The van der Waals surface area contributed by atoms with E-state index in [4.69, 9.17) is 0 Å². The maximum Gasteiger partial charge on any atom is 0.121 e. The largest absolute Gasteiger partial charge is 0.508 e. The van der Waals surface area contributed by atoms with Crippen LogP contribution in [-0.2, 0) is 22.2 Å². The summed E-state index contributed by atoms with van der Waals surface area (Å²) in [5, 5.41) is 20.6. The molecule has 0 fully saturated rings. The molecule has 0 radical (unpaired) electrons. The Bertz CT molecular complexity index is 467. The molecule has 0 aromatic heterocycles. The fourth-order valence-corrected chi connectivity index (χ4v) is 3.00. The lowest BCUT2D eigenvalue weighted by Crippen LogP contribution is -2.21. The van der Waals surface area contributed by atoms with Crippen LogP contribution in [0.25, 0.3) is 0 Å². The van der Waals surface area contributed by atoms with Crippen molar-refractivity contribution < 1.29 is 14.4 Å². The van der Waals surface area contributed by atoms with E-state index < -0.39 is 16.4 Å². The van der Waals surface area contributed by atoms with Gasteiger partial charge in [-0.3, -0.25) is 4.21 Å². The van der Waals surface area contributed by atoms with Crippen LogP contribution in [0.3, 0.4) is 0 Å². The van der Waals surface area contributed by atoms with Crippen molar-refractivity contribution in [3.63, 3.8) is 0 Å². The molecule has 0 saturated heterocycles. The molecule has 0 aliphatic rings. The predicted octanol–water partition coefficient (Wildman–Crippen LogP) is 3.30. The number of aliphatic hydroxyl groups is 1. The maximum atomic E-state index is 11.2. The highest BCUT2D eigenvalue weighted by molar-refractivity contribution is 7.83. The lowest BCUT2D eigenvalue weighted by Gasteiger charge is -2.25. The molecule has 1 aromatic carbocycles. The molecule has 20 heavy (non-hydrogen) atoms. The van der Waals surface area contributed by atoms with Crippen LogP contribution in [-0.4, -0.2) is 20.7 Å². The summed E-state index contributed by atoms with van der Waals surface area (Å²) in [6.07, 6.45) is 4.24. The average Bonchev–Trinajstić information content (AvgIpc) is 2.26. The van der Waals surface area contributed by atoms with Crippen LogP contribution in [0.5, 0.6) is 5.75 Å². The minimum absolute atomic E-state index is 0.0856. The number of hydrogen-bond donors (Lipinski definition) is 2. The van der Waals surface area contributed by atoms with Crippen molar-refractivity contribution in [3.05, 3.63) is 29.3 Å². The van der Waals surface area contributed by atoms with Gasteiger partial charge in [0.25, 0.3) is 0 Å². The molecular weight excluding hydrogens is 272 g/mol. The van der Waals surface area contributed by atoms with Crippen molar-refractivity contribution in [3.8, 4) is 5.75 Å². The molecular formula is C16H26O3S. The third kappa shape index (κ3) is 5.25. The van der Waals surface area contributed by atoms with Gasteiger partial charge in [0.15, 0.2) is 0 Å². The summed E-state index contributed by atoms with van der Waals surface area (Å²) in [5.41, 5.74) is 0.347. The van der Waals surface area contributed by atoms with Gasteiger partial charge < -0.3 is 10.2 Å². The first kappa shape index (κ1) is 17.2. The van der Waals surface area contributed by atoms with Crippen LogP contribution in [0, 0.1) is 5.92 Å². The Labute approximate surface area is 124 Å². The molecule has 1 unspecified atom stereocenters. The van der Waals surface area contributed by atoms with Crippen molar-refractivity contribution in [2.24, 2.45) is 5.92 Å². The second-order valence-corrected chi connectivity index (χ2v) is 7.56. The van der Waals surface area contributed by atoms with Gasteiger partial charge in [-0.05, 0) is 37.3 Å². The molecule has 0 amide bonds. The molecule has 2 N–H and O–H groups in total. The Balaban J connectivity index is 2.81. The topological polar surface area (TPSA) is 57.5 Å². The van der Waals surface area contributed by atoms with E-state index in [0.29, 0.717) is 23.7 Å². The molecule has 1 rings (SSSR count). The zero-order valence-corrected chi connectivity index (χ0v) is 13.7. The van der Waals surface area contributed by atoms with Crippen molar-refractivity contribution in [2.45, 2.75) is 51.4 Å². The summed E-state index contributed by atoms with van der Waals surface area (Å²) in [7, 11) is -0.936. The minimum Gasteiger partial charge on any atom is -0.508 e. The number of phenols is 1. The molecule has 4 heteroatoms. The molecule has 3 nitrogen and oxygen atoms in total. The first-order chi connectivity index (χ1) is 9.22. The second kappa shape index (κ2) is 7.23. The van der Waals surface area contributed by atoms with Crippen LogP contribution in [0.1, 0.15) is 51.2 Å². The number of benzene rings is 1. The summed E-state index contributed by atoms with van der Waals surface area (Å²) in [6, 6.07) is 5.17. The van der Waals surface area contributed by atoms with Crippen LogP contribution >= 0.6 is 0 Å². The number of aromatic hydroxyl groups is 1. The SMILES string of the molecule is CC(C)CCC[C@](C)(O)c1ccc(CS(C)=O)cc1O. The Morgan fingerprint density at radius 3 is 2.50 bits per heavy atom. The van der Waals surface area contributed by atoms with Crippen LogP contribution in [0.15, 0.2) is 18.2 Å². The van der Waals surface area contributed by atoms with Gasteiger partial charge in [-0.2, -0.15) is 0 Å². The lowest BCUT2D eigenvalue weighted by atomic mass is 9.88. The van der Waals surface area contributed by atoms with E-state index in [1.54, 1.807) is 25.3 Å². The van der Waals surface area contributed by atoms with Crippen molar-refractivity contribution in [1.29, 1.82) is 0 Å². The van der Waals surface area contributed by atoms with Gasteiger partial charge in [-0.15, -0.1) is 0 Å². The Morgan fingerprint density at radius 2 is 2.00 bits per heavy atom.